The molecule has 0 spiro atoms. The molecule has 1 amide bonds. The highest BCUT2D eigenvalue weighted by Crippen LogP contribution is 2.39. The van der Waals surface area contributed by atoms with Crippen molar-refractivity contribution in [2.75, 3.05) is 25.5 Å². The first-order valence-electron chi connectivity index (χ1n) is 10.3. The Hall–Kier alpha value is -2.44. The average Bonchev–Trinajstić information content (AvgIpc) is 3.39. The van der Waals surface area contributed by atoms with Gasteiger partial charge in [0.15, 0.2) is 5.76 Å². The van der Waals surface area contributed by atoms with Crippen LogP contribution in [0.2, 0.25) is 0 Å². The molecule has 1 aliphatic heterocycles. The number of carbonyl (C=O) groups excluding carboxylic acids is 1. The predicted molar refractivity (Wildman–Crippen MR) is 107 cm³/mol. The van der Waals surface area contributed by atoms with Gasteiger partial charge in [0, 0.05) is 38.8 Å². The lowest BCUT2D eigenvalue weighted by atomic mass is 9.93. The lowest BCUT2D eigenvalue weighted by molar-refractivity contribution is -0.139. The molecule has 3 heterocycles. The highest BCUT2D eigenvalue weighted by atomic mass is 16.5. The molecule has 4 rings (SSSR count). The van der Waals surface area contributed by atoms with E-state index in [1.165, 1.54) is 0 Å². The van der Waals surface area contributed by atoms with Gasteiger partial charge in [-0.2, -0.15) is 0 Å². The van der Waals surface area contributed by atoms with Gasteiger partial charge in [0.25, 0.3) is 0 Å². The second-order valence-electron chi connectivity index (χ2n) is 8.22. The van der Waals surface area contributed by atoms with E-state index in [9.17, 15) is 4.79 Å². The Morgan fingerprint density at radius 3 is 2.61 bits per heavy atom. The SMILES string of the molecule is Cc1cc(-c2cnc(N(C)C)nc2[C@@H]2CCCCN2C(=O)C2CCCC2)on1. The number of hydrogen-bond acceptors (Lipinski definition) is 6. The fourth-order valence-corrected chi connectivity index (χ4v) is 4.42. The van der Waals surface area contributed by atoms with Gasteiger partial charge in [-0.15, -0.1) is 0 Å². The number of piperidine rings is 1. The fraction of sp³-hybridized carbons (Fsp3) is 0.619. The predicted octanol–water partition coefficient (Wildman–Crippen LogP) is 3.75. The highest BCUT2D eigenvalue weighted by Gasteiger charge is 2.36. The van der Waals surface area contributed by atoms with Gasteiger partial charge in [0.1, 0.15) is 0 Å². The minimum absolute atomic E-state index is 0.0380. The molecule has 2 fully saturated rings. The van der Waals surface area contributed by atoms with Crippen LogP contribution < -0.4 is 4.90 Å². The van der Waals surface area contributed by atoms with Gasteiger partial charge in [0.05, 0.1) is 23.0 Å². The summed E-state index contributed by atoms with van der Waals surface area (Å²) in [5, 5.41) is 4.03. The molecule has 1 saturated heterocycles. The van der Waals surface area contributed by atoms with Crippen LogP contribution in [0.4, 0.5) is 5.95 Å². The minimum atomic E-state index is -0.0380. The Bertz CT molecular complexity index is 841. The summed E-state index contributed by atoms with van der Waals surface area (Å²) in [6.07, 6.45) is 9.23. The number of rotatable bonds is 4. The largest absolute Gasteiger partial charge is 0.356 e. The molecule has 150 valence electrons. The van der Waals surface area contributed by atoms with E-state index in [1.807, 2.05) is 38.2 Å². The standard InChI is InChI=1S/C21H29N5O2/c1-14-12-18(28-24-14)16-13-22-21(25(2)3)23-19(16)17-10-6-7-11-26(17)20(27)15-8-4-5-9-15/h12-13,15,17H,4-11H2,1-3H3/t17-/m0/s1. The summed E-state index contributed by atoms with van der Waals surface area (Å²) < 4.78 is 5.53. The van der Waals surface area contributed by atoms with Crippen molar-refractivity contribution in [1.82, 2.24) is 20.0 Å². The van der Waals surface area contributed by atoms with Crippen LogP contribution in [0.5, 0.6) is 0 Å². The van der Waals surface area contributed by atoms with E-state index in [0.29, 0.717) is 17.6 Å². The van der Waals surface area contributed by atoms with Crippen molar-refractivity contribution in [3.8, 4) is 11.3 Å². The molecule has 1 saturated carbocycles. The van der Waals surface area contributed by atoms with Crippen molar-refractivity contribution in [3.63, 3.8) is 0 Å². The zero-order valence-electron chi connectivity index (χ0n) is 17.0. The zero-order chi connectivity index (χ0) is 19.7. The summed E-state index contributed by atoms with van der Waals surface area (Å²) in [6, 6.07) is 1.87. The average molecular weight is 383 g/mol. The Morgan fingerprint density at radius 2 is 1.93 bits per heavy atom. The first kappa shape index (κ1) is 18.9. The zero-order valence-corrected chi connectivity index (χ0v) is 17.0. The number of nitrogens with zero attached hydrogens (tertiary/aromatic N) is 5. The van der Waals surface area contributed by atoms with E-state index >= 15 is 0 Å². The Labute approximate surface area is 166 Å². The third kappa shape index (κ3) is 3.62. The smallest absolute Gasteiger partial charge is 0.226 e. The summed E-state index contributed by atoms with van der Waals surface area (Å²) in [5.41, 5.74) is 2.53. The fourth-order valence-electron chi connectivity index (χ4n) is 4.42. The molecule has 0 aromatic carbocycles. The molecule has 1 aliphatic carbocycles. The molecular weight excluding hydrogens is 354 g/mol. The number of anilines is 1. The summed E-state index contributed by atoms with van der Waals surface area (Å²) in [5.74, 6) is 1.78. The third-order valence-corrected chi connectivity index (χ3v) is 5.90. The molecule has 0 unspecified atom stereocenters. The molecule has 2 aromatic rings. The van der Waals surface area contributed by atoms with Crippen LogP contribution in [-0.4, -0.2) is 46.6 Å². The quantitative estimate of drug-likeness (QED) is 0.800. The molecule has 0 radical (unpaired) electrons. The molecule has 7 heteroatoms. The maximum atomic E-state index is 13.3. The van der Waals surface area contributed by atoms with Crippen LogP contribution in [-0.2, 0) is 4.79 Å². The number of aromatic nitrogens is 3. The van der Waals surface area contributed by atoms with Crippen LogP contribution in [0.15, 0.2) is 16.8 Å². The van der Waals surface area contributed by atoms with E-state index in [2.05, 4.69) is 15.0 Å². The Morgan fingerprint density at radius 1 is 1.18 bits per heavy atom. The van der Waals surface area contributed by atoms with E-state index in [1.54, 1.807) is 0 Å². The van der Waals surface area contributed by atoms with Crippen molar-refractivity contribution in [1.29, 1.82) is 0 Å². The second-order valence-corrected chi connectivity index (χ2v) is 8.22. The molecule has 7 nitrogen and oxygen atoms in total. The minimum Gasteiger partial charge on any atom is -0.356 e. The van der Waals surface area contributed by atoms with E-state index < -0.39 is 0 Å². The van der Waals surface area contributed by atoms with Crippen molar-refractivity contribution in [3.05, 3.63) is 23.7 Å². The monoisotopic (exact) mass is 383 g/mol. The number of aryl methyl sites for hydroxylation is 1. The lowest BCUT2D eigenvalue weighted by Gasteiger charge is -2.37. The molecule has 2 aromatic heterocycles. The summed E-state index contributed by atoms with van der Waals surface area (Å²) in [6.45, 7) is 2.70. The van der Waals surface area contributed by atoms with Crippen LogP contribution in [0.25, 0.3) is 11.3 Å². The molecular formula is C21H29N5O2. The van der Waals surface area contributed by atoms with Crippen molar-refractivity contribution in [2.45, 2.75) is 57.9 Å². The van der Waals surface area contributed by atoms with Gasteiger partial charge in [-0.3, -0.25) is 4.79 Å². The van der Waals surface area contributed by atoms with Crippen molar-refractivity contribution < 1.29 is 9.32 Å². The Balaban J connectivity index is 1.75. The van der Waals surface area contributed by atoms with Crippen LogP contribution in [0, 0.1) is 12.8 Å². The highest BCUT2D eigenvalue weighted by molar-refractivity contribution is 5.80. The Kier molecular flexibility index (Phi) is 5.33. The van der Waals surface area contributed by atoms with Gasteiger partial charge in [-0.05, 0) is 39.0 Å². The molecule has 2 aliphatic rings. The maximum Gasteiger partial charge on any atom is 0.226 e. The van der Waals surface area contributed by atoms with Gasteiger partial charge >= 0.3 is 0 Å². The van der Waals surface area contributed by atoms with Crippen molar-refractivity contribution in [2.24, 2.45) is 5.92 Å². The molecule has 0 N–H and O–H groups in total. The van der Waals surface area contributed by atoms with Crippen LogP contribution >= 0.6 is 0 Å². The van der Waals surface area contributed by atoms with Crippen LogP contribution in [0.1, 0.15) is 62.4 Å². The third-order valence-electron chi connectivity index (χ3n) is 5.90. The van der Waals surface area contributed by atoms with E-state index in [-0.39, 0.29) is 12.0 Å². The first-order valence-corrected chi connectivity index (χ1v) is 10.3. The number of hydrogen-bond donors (Lipinski definition) is 0. The van der Waals surface area contributed by atoms with E-state index in [4.69, 9.17) is 9.51 Å². The topological polar surface area (TPSA) is 75.4 Å². The van der Waals surface area contributed by atoms with Gasteiger partial charge in [-0.1, -0.05) is 18.0 Å². The van der Waals surface area contributed by atoms with Crippen molar-refractivity contribution >= 4 is 11.9 Å². The maximum absolute atomic E-state index is 13.3. The van der Waals surface area contributed by atoms with Gasteiger partial charge in [-0.25, -0.2) is 9.97 Å². The number of carbonyl (C=O) groups is 1. The van der Waals surface area contributed by atoms with E-state index in [0.717, 1.165) is 68.4 Å². The first-order chi connectivity index (χ1) is 13.5. The number of amides is 1. The van der Waals surface area contributed by atoms with Gasteiger partial charge < -0.3 is 14.3 Å². The molecule has 1 atom stereocenters. The van der Waals surface area contributed by atoms with Gasteiger partial charge in [0.2, 0.25) is 11.9 Å². The summed E-state index contributed by atoms with van der Waals surface area (Å²) >= 11 is 0. The normalized spacial score (nSPS) is 20.5. The summed E-state index contributed by atoms with van der Waals surface area (Å²) in [4.78, 5) is 26.6. The summed E-state index contributed by atoms with van der Waals surface area (Å²) in [7, 11) is 3.86. The number of likely N-dealkylation sites (tertiary alicyclic amines) is 1. The molecule has 0 bridgehead atoms. The molecule has 28 heavy (non-hydrogen) atoms. The lowest BCUT2D eigenvalue weighted by Crippen LogP contribution is -2.42. The van der Waals surface area contributed by atoms with Crippen LogP contribution in [0.3, 0.4) is 0 Å². The second kappa shape index (κ2) is 7.89.